The first kappa shape index (κ1) is 26.1. The summed E-state index contributed by atoms with van der Waals surface area (Å²) in [5, 5.41) is 0. The van der Waals surface area contributed by atoms with Crippen LogP contribution in [-0.4, -0.2) is 27.4 Å². The minimum absolute atomic E-state index is 0. The van der Waals surface area contributed by atoms with Crippen LogP contribution in [0.4, 0.5) is 5.69 Å². The van der Waals surface area contributed by atoms with Crippen molar-refractivity contribution in [1.29, 1.82) is 0 Å². The van der Waals surface area contributed by atoms with Crippen molar-refractivity contribution in [3.63, 3.8) is 0 Å². The molecule has 31 heavy (non-hydrogen) atoms. The van der Waals surface area contributed by atoms with E-state index in [-0.39, 0.29) is 7.43 Å². The molecular weight excluding hydrogens is 475 g/mol. The van der Waals surface area contributed by atoms with Crippen molar-refractivity contribution in [3.8, 4) is 0 Å². The van der Waals surface area contributed by atoms with Gasteiger partial charge in [0.25, 0.3) is 0 Å². The predicted molar refractivity (Wildman–Crippen MR) is 136 cm³/mol. The zero-order valence-electron chi connectivity index (χ0n) is 19.7. The van der Waals surface area contributed by atoms with Crippen LogP contribution in [0, 0.1) is 31.1 Å². The van der Waals surface area contributed by atoms with Crippen LogP contribution in [-0.2, 0) is 17.0 Å². The second-order valence-electron chi connectivity index (χ2n) is 10.4. The average molecular weight is 515 g/mol. The van der Waals surface area contributed by atoms with Gasteiger partial charge in [-0.3, -0.25) is 0 Å². The average Bonchev–Trinajstić information content (AvgIpc) is 3.27. The number of hydrogen-bond acceptors (Lipinski definition) is 1. The van der Waals surface area contributed by atoms with Gasteiger partial charge in [0.1, 0.15) is 0 Å². The van der Waals surface area contributed by atoms with Gasteiger partial charge in [0.15, 0.2) is 0 Å². The zero-order chi connectivity index (χ0) is 21.3. The molecular formula is C25H40Cl2N2SiTi-2. The Morgan fingerprint density at radius 1 is 0.903 bits per heavy atom. The van der Waals surface area contributed by atoms with E-state index in [0.717, 1.165) is 41.3 Å². The molecule has 3 aliphatic carbocycles. The van der Waals surface area contributed by atoms with Crippen LogP contribution >= 0.6 is 18.6 Å². The van der Waals surface area contributed by atoms with Gasteiger partial charge in [0.05, 0.1) is 0 Å². The molecule has 1 heterocycles. The molecule has 2 nitrogen and oxygen atoms in total. The van der Waals surface area contributed by atoms with Crippen LogP contribution < -0.4 is 4.90 Å². The van der Waals surface area contributed by atoms with Gasteiger partial charge in [-0.05, 0) is 60.6 Å². The molecule has 7 atom stereocenters. The van der Waals surface area contributed by atoms with Crippen molar-refractivity contribution in [2.45, 2.75) is 82.1 Å². The third kappa shape index (κ3) is 4.84. The van der Waals surface area contributed by atoms with Crippen molar-refractivity contribution in [2.24, 2.45) is 23.7 Å². The number of benzene rings is 1. The SMILES string of the molecule is C[N-][Si](C)(C)C1C2CCCCC2C2C3CCCCC3N(c3ccccc3)C21.[CH3-].[Cl][Ti][Cl]. The van der Waals surface area contributed by atoms with E-state index < -0.39 is 25.3 Å². The van der Waals surface area contributed by atoms with Gasteiger partial charge in [-0.1, -0.05) is 71.6 Å². The molecule has 4 aliphatic rings. The number of rotatable bonds is 3. The van der Waals surface area contributed by atoms with Gasteiger partial charge in [-0.2, -0.15) is 7.05 Å². The van der Waals surface area contributed by atoms with Crippen molar-refractivity contribution in [3.05, 3.63) is 42.7 Å². The molecule has 0 N–H and O–H groups in total. The van der Waals surface area contributed by atoms with Gasteiger partial charge < -0.3 is 17.3 Å². The fraction of sp³-hybridized carbons (Fsp3) is 0.720. The number of anilines is 1. The van der Waals surface area contributed by atoms with Crippen LogP contribution in [0.3, 0.4) is 0 Å². The number of nitrogens with zero attached hydrogens (tertiary/aromatic N) is 2. The van der Waals surface area contributed by atoms with E-state index in [2.05, 4.69) is 55.4 Å². The fourth-order valence-electron chi connectivity index (χ4n) is 8.00. The Labute approximate surface area is 209 Å². The molecule has 1 aliphatic heterocycles. The zero-order valence-corrected chi connectivity index (χ0v) is 23.8. The molecule has 0 radical (unpaired) electrons. The Balaban J connectivity index is 0.000000645. The van der Waals surface area contributed by atoms with Crippen LogP contribution in [0.2, 0.25) is 18.6 Å². The molecule has 0 spiro atoms. The summed E-state index contributed by atoms with van der Waals surface area (Å²) in [6.45, 7) is 5.13. The summed E-state index contributed by atoms with van der Waals surface area (Å²) >= 11 is -0.556. The topological polar surface area (TPSA) is 17.3 Å². The Hall–Kier alpha value is 0.491. The molecule has 0 amide bonds. The molecule has 6 heteroatoms. The van der Waals surface area contributed by atoms with Gasteiger partial charge >= 0.3 is 35.6 Å². The molecule has 174 valence electrons. The molecule has 5 rings (SSSR count). The van der Waals surface area contributed by atoms with Gasteiger partial charge in [-0.15, -0.1) is 0 Å². The van der Waals surface area contributed by atoms with Gasteiger partial charge in [0, 0.05) is 17.8 Å². The van der Waals surface area contributed by atoms with Crippen LogP contribution in [0.15, 0.2) is 30.3 Å². The molecule has 3 saturated carbocycles. The number of para-hydroxylation sites is 1. The molecule has 0 aromatic heterocycles. The van der Waals surface area contributed by atoms with E-state index in [0.29, 0.717) is 0 Å². The maximum atomic E-state index is 5.11. The van der Waals surface area contributed by atoms with E-state index in [4.69, 9.17) is 23.6 Å². The standard InChI is InChI=1S/C24H37N2Si.CH3.2ClH.Ti/c1-25-27(2,3)24-19-14-8-7-13-18(19)22-20-15-9-10-16-21(20)26(23(22)24)17-11-5-4-6-12-17;;;;/h4-6,11-12,18-24H,7-10,13-16H2,1-3H3;1H3;2*1H;/q2*-1;;;+2/p-2. The quantitative estimate of drug-likeness (QED) is 0.293. The molecule has 1 aromatic rings. The Bertz CT molecular complexity index is 691. The first-order valence-corrected chi connectivity index (χ1v) is 19.3. The minimum atomic E-state index is -1.59. The second-order valence-corrected chi connectivity index (χ2v) is 17.4. The monoisotopic (exact) mass is 514 g/mol. The molecule has 0 bridgehead atoms. The molecule has 1 aromatic carbocycles. The predicted octanol–water partition coefficient (Wildman–Crippen LogP) is 8.28. The van der Waals surface area contributed by atoms with Crippen LogP contribution in [0.5, 0.6) is 0 Å². The van der Waals surface area contributed by atoms with E-state index in [1.165, 1.54) is 57.1 Å². The summed E-state index contributed by atoms with van der Waals surface area (Å²) < 4.78 is 0. The van der Waals surface area contributed by atoms with E-state index in [9.17, 15) is 0 Å². The van der Waals surface area contributed by atoms with Crippen LogP contribution in [0.25, 0.3) is 4.98 Å². The molecule has 7 unspecified atom stereocenters. The Morgan fingerprint density at radius 2 is 1.45 bits per heavy atom. The van der Waals surface area contributed by atoms with Crippen LogP contribution in [0.1, 0.15) is 51.4 Å². The summed E-state index contributed by atoms with van der Waals surface area (Å²) in [7, 11) is 10.3. The summed E-state index contributed by atoms with van der Waals surface area (Å²) in [5.41, 5.74) is 2.36. The normalized spacial score (nSPS) is 36.3. The molecule has 1 saturated heterocycles. The summed E-state index contributed by atoms with van der Waals surface area (Å²) in [6.07, 6.45) is 11.7. The second kappa shape index (κ2) is 11.3. The summed E-state index contributed by atoms with van der Waals surface area (Å²) in [5.74, 6) is 3.83. The van der Waals surface area contributed by atoms with Crippen molar-refractivity contribution >= 4 is 32.5 Å². The number of halogens is 2. The first-order valence-electron chi connectivity index (χ1n) is 12.0. The number of fused-ring (bicyclic) bond motifs is 5. The van der Waals surface area contributed by atoms with Crippen molar-refractivity contribution in [2.75, 3.05) is 11.9 Å². The van der Waals surface area contributed by atoms with Crippen molar-refractivity contribution in [1.82, 2.24) is 0 Å². The third-order valence-corrected chi connectivity index (χ3v) is 12.5. The molecule has 4 fully saturated rings. The number of hydrogen-bond donors (Lipinski definition) is 0. The first-order chi connectivity index (χ1) is 14.5. The maximum absolute atomic E-state index is 5.11. The van der Waals surface area contributed by atoms with Crippen molar-refractivity contribution < 1.29 is 17.0 Å². The summed E-state index contributed by atoms with van der Waals surface area (Å²) in [4.78, 5) is 8.08. The fourth-order valence-corrected chi connectivity index (χ4v) is 11.0. The third-order valence-electron chi connectivity index (χ3n) is 8.99. The van der Waals surface area contributed by atoms with Gasteiger partial charge in [0.2, 0.25) is 0 Å². The Kier molecular flexibility index (Phi) is 9.50. The summed E-state index contributed by atoms with van der Waals surface area (Å²) in [6, 6.07) is 13.0. The Morgan fingerprint density at radius 3 is 2.06 bits per heavy atom. The van der Waals surface area contributed by atoms with E-state index in [1.54, 1.807) is 0 Å². The van der Waals surface area contributed by atoms with E-state index >= 15 is 0 Å². The van der Waals surface area contributed by atoms with Gasteiger partial charge in [-0.25, -0.2) is 0 Å². The van der Waals surface area contributed by atoms with E-state index in [1.807, 2.05) is 0 Å².